The van der Waals surface area contributed by atoms with Crippen LogP contribution in [-0.2, 0) is 0 Å². The standard InChI is InChI=1S/C10H22N2O2S/c1-15-10(8-11)2-4-12(5-3-10)6-9(14)7-13/h9,13-14H,2-8,11H2,1H3. The van der Waals surface area contributed by atoms with Gasteiger partial charge in [-0.2, -0.15) is 11.8 Å². The van der Waals surface area contributed by atoms with Gasteiger partial charge < -0.3 is 20.8 Å². The molecule has 5 heteroatoms. The summed E-state index contributed by atoms with van der Waals surface area (Å²) in [6, 6.07) is 0. The van der Waals surface area contributed by atoms with Crippen LogP contribution in [0.3, 0.4) is 0 Å². The summed E-state index contributed by atoms with van der Waals surface area (Å²) in [7, 11) is 0. The molecule has 4 N–H and O–H groups in total. The Hall–Kier alpha value is 0.190. The molecule has 1 unspecified atom stereocenters. The molecule has 1 saturated heterocycles. The molecule has 0 amide bonds. The summed E-state index contributed by atoms with van der Waals surface area (Å²) in [5.74, 6) is 0. The SMILES string of the molecule is CSC1(CN)CCN(CC(O)CO)CC1. The number of aliphatic hydroxyl groups is 2. The van der Waals surface area contributed by atoms with Gasteiger partial charge in [-0.25, -0.2) is 0 Å². The number of nitrogens with two attached hydrogens (primary N) is 1. The van der Waals surface area contributed by atoms with E-state index in [0.717, 1.165) is 32.5 Å². The molecule has 4 nitrogen and oxygen atoms in total. The molecule has 0 spiro atoms. The van der Waals surface area contributed by atoms with Crippen LogP contribution in [-0.4, -0.2) is 65.0 Å². The van der Waals surface area contributed by atoms with Gasteiger partial charge >= 0.3 is 0 Å². The molecule has 1 rings (SSSR count). The Bertz CT molecular complexity index is 178. The molecule has 1 atom stereocenters. The van der Waals surface area contributed by atoms with Crippen molar-refractivity contribution in [1.82, 2.24) is 4.90 Å². The van der Waals surface area contributed by atoms with Gasteiger partial charge in [0.1, 0.15) is 0 Å². The Morgan fingerprint density at radius 3 is 2.47 bits per heavy atom. The van der Waals surface area contributed by atoms with Crippen molar-refractivity contribution in [3.63, 3.8) is 0 Å². The average molecular weight is 234 g/mol. The number of likely N-dealkylation sites (tertiary alicyclic amines) is 1. The van der Waals surface area contributed by atoms with Crippen LogP contribution in [0, 0.1) is 0 Å². The second kappa shape index (κ2) is 6.06. The zero-order valence-corrected chi connectivity index (χ0v) is 10.2. The number of aliphatic hydroxyl groups excluding tert-OH is 2. The average Bonchev–Trinajstić information content (AvgIpc) is 2.30. The van der Waals surface area contributed by atoms with Crippen LogP contribution in [0.4, 0.5) is 0 Å². The van der Waals surface area contributed by atoms with E-state index in [0.29, 0.717) is 6.54 Å². The van der Waals surface area contributed by atoms with Crippen LogP contribution in [0.25, 0.3) is 0 Å². The van der Waals surface area contributed by atoms with E-state index in [1.54, 1.807) is 0 Å². The van der Waals surface area contributed by atoms with Gasteiger partial charge in [0.25, 0.3) is 0 Å². The van der Waals surface area contributed by atoms with Crippen molar-refractivity contribution >= 4 is 11.8 Å². The van der Waals surface area contributed by atoms with Gasteiger partial charge in [-0.05, 0) is 32.2 Å². The highest BCUT2D eigenvalue weighted by atomic mass is 32.2. The third kappa shape index (κ3) is 3.60. The van der Waals surface area contributed by atoms with Crippen molar-refractivity contribution < 1.29 is 10.2 Å². The maximum Gasteiger partial charge on any atom is 0.0897 e. The van der Waals surface area contributed by atoms with Crippen LogP contribution >= 0.6 is 11.8 Å². The molecular formula is C10H22N2O2S. The second-order valence-corrected chi connectivity index (χ2v) is 5.50. The minimum atomic E-state index is -0.607. The maximum absolute atomic E-state index is 9.33. The fourth-order valence-electron chi connectivity index (χ4n) is 1.99. The van der Waals surface area contributed by atoms with Gasteiger partial charge in [0.05, 0.1) is 12.7 Å². The first-order valence-electron chi connectivity index (χ1n) is 5.42. The third-order valence-electron chi connectivity index (χ3n) is 3.25. The number of β-amino-alcohol motifs (C(OH)–C–C–N with tert-alkyl or cyclic N) is 1. The normalized spacial score (nSPS) is 24.0. The Labute approximate surface area is 95.8 Å². The van der Waals surface area contributed by atoms with Crippen molar-refractivity contribution in [3.05, 3.63) is 0 Å². The van der Waals surface area contributed by atoms with Gasteiger partial charge in [0.2, 0.25) is 0 Å². The minimum Gasteiger partial charge on any atom is -0.394 e. The highest BCUT2D eigenvalue weighted by molar-refractivity contribution is 8.00. The summed E-state index contributed by atoms with van der Waals surface area (Å²) < 4.78 is 0.237. The molecule has 0 aromatic carbocycles. The molecule has 1 aliphatic rings. The molecule has 1 aliphatic heterocycles. The Morgan fingerprint density at radius 2 is 2.07 bits per heavy atom. The highest BCUT2D eigenvalue weighted by Crippen LogP contribution is 2.33. The molecule has 1 heterocycles. The summed E-state index contributed by atoms with van der Waals surface area (Å²) in [6.07, 6.45) is 3.65. The Morgan fingerprint density at radius 1 is 1.47 bits per heavy atom. The van der Waals surface area contributed by atoms with Crippen molar-refractivity contribution in [3.8, 4) is 0 Å². The summed E-state index contributed by atoms with van der Waals surface area (Å²) in [6.45, 7) is 3.08. The van der Waals surface area contributed by atoms with Gasteiger partial charge in [-0.15, -0.1) is 0 Å². The number of piperidine rings is 1. The van der Waals surface area contributed by atoms with Gasteiger partial charge in [0, 0.05) is 17.8 Å². The zero-order chi connectivity index (χ0) is 11.3. The predicted molar refractivity (Wildman–Crippen MR) is 64.1 cm³/mol. The Balaban J connectivity index is 2.35. The molecule has 0 aromatic rings. The van der Waals surface area contributed by atoms with E-state index in [2.05, 4.69) is 11.2 Å². The van der Waals surface area contributed by atoms with Crippen LogP contribution in [0.1, 0.15) is 12.8 Å². The van der Waals surface area contributed by atoms with Crippen LogP contribution in [0.2, 0.25) is 0 Å². The smallest absolute Gasteiger partial charge is 0.0897 e. The van der Waals surface area contributed by atoms with E-state index in [9.17, 15) is 5.11 Å². The fourth-order valence-corrected chi connectivity index (χ4v) is 2.75. The lowest BCUT2D eigenvalue weighted by atomic mass is 9.95. The zero-order valence-electron chi connectivity index (χ0n) is 9.35. The lowest BCUT2D eigenvalue weighted by Gasteiger charge is -2.40. The van der Waals surface area contributed by atoms with E-state index in [-0.39, 0.29) is 11.4 Å². The quantitative estimate of drug-likeness (QED) is 0.598. The number of hydrogen-bond acceptors (Lipinski definition) is 5. The number of nitrogens with zero attached hydrogens (tertiary/aromatic N) is 1. The summed E-state index contributed by atoms with van der Waals surface area (Å²) >= 11 is 1.86. The third-order valence-corrected chi connectivity index (χ3v) is 4.69. The molecule has 0 radical (unpaired) electrons. The van der Waals surface area contributed by atoms with E-state index in [1.165, 1.54) is 0 Å². The topological polar surface area (TPSA) is 69.7 Å². The first-order chi connectivity index (χ1) is 7.15. The maximum atomic E-state index is 9.33. The largest absolute Gasteiger partial charge is 0.394 e. The monoisotopic (exact) mass is 234 g/mol. The van der Waals surface area contributed by atoms with E-state index < -0.39 is 6.10 Å². The van der Waals surface area contributed by atoms with Crippen molar-refractivity contribution in [2.24, 2.45) is 5.73 Å². The number of rotatable bonds is 5. The Kier molecular flexibility index (Phi) is 5.35. The lowest BCUT2D eigenvalue weighted by molar-refractivity contribution is 0.0502. The van der Waals surface area contributed by atoms with Crippen molar-refractivity contribution in [2.45, 2.75) is 23.7 Å². The van der Waals surface area contributed by atoms with E-state index in [4.69, 9.17) is 10.8 Å². The molecule has 0 bridgehead atoms. The molecule has 15 heavy (non-hydrogen) atoms. The molecular weight excluding hydrogens is 212 g/mol. The molecule has 0 aliphatic carbocycles. The van der Waals surface area contributed by atoms with Crippen LogP contribution < -0.4 is 5.73 Å². The van der Waals surface area contributed by atoms with Crippen LogP contribution in [0.15, 0.2) is 0 Å². The first-order valence-corrected chi connectivity index (χ1v) is 6.65. The molecule has 0 aromatic heterocycles. The number of hydrogen-bond donors (Lipinski definition) is 3. The minimum absolute atomic E-state index is 0.152. The summed E-state index contributed by atoms with van der Waals surface area (Å²) in [5.41, 5.74) is 5.79. The van der Waals surface area contributed by atoms with Crippen molar-refractivity contribution in [2.75, 3.05) is 39.0 Å². The highest BCUT2D eigenvalue weighted by Gasteiger charge is 2.32. The predicted octanol–water partition coefficient (Wildman–Crippen LogP) is -0.504. The van der Waals surface area contributed by atoms with Gasteiger partial charge in [-0.3, -0.25) is 0 Å². The lowest BCUT2D eigenvalue weighted by Crippen LogP contribution is -2.48. The van der Waals surface area contributed by atoms with E-state index in [1.807, 2.05) is 11.8 Å². The fraction of sp³-hybridized carbons (Fsp3) is 1.00. The summed E-state index contributed by atoms with van der Waals surface area (Å²) in [5, 5.41) is 18.1. The summed E-state index contributed by atoms with van der Waals surface area (Å²) in [4.78, 5) is 2.20. The van der Waals surface area contributed by atoms with Gasteiger partial charge in [0.15, 0.2) is 0 Å². The second-order valence-electron chi connectivity index (χ2n) is 4.23. The number of thioether (sulfide) groups is 1. The molecule has 90 valence electrons. The molecule has 1 fully saturated rings. The van der Waals surface area contributed by atoms with Gasteiger partial charge in [-0.1, -0.05) is 0 Å². The van der Waals surface area contributed by atoms with Crippen molar-refractivity contribution in [1.29, 1.82) is 0 Å². The van der Waals surface area contributed by atoms with Crippen LogP contribution in [0.5, 0.6) is 0 Å². The van der Waals surface area contributed by atoms with E-state index >= 15 is 0 Å². The molecule has 0 saturated carbocycles. The first kappa shape index (κ1) is 13.3.